The Kier molecular flexibility index (Phi) is 3.83. The van der Waals surface area contributed by atoms with E-state index in [1.807, 2.05) is 33.8 Å². The summed E-state index contributed by atoms with van der Waals surface area (Å²) in [5.41, 5.74) is 2.21. The molecule has 0 saturated heterocycles. The first-order valence-corrected chi connectivity index (χ1v) is 6.92. The van der Waals surface area contributed by atoms with Gasteiger partial charge in [-0.05, 0) is 30.5 Å². The van der Waals surface area contributed by atoms with Crippen LogP contribution in [0.25, 0.3) is 0 Å². The molecule has 0 unspecified atom stereocenters. The highest BCUT2D eigenvalue weighted by molar-refractivity contribution is 5.81. The standard InChI is InChI=1S/C16H23NO2/c1-11(17-15(18)16(2,3)4)9-12-5-6-14-13(10-12)7-8-19-14/h5-6,10-11H,7-9H2,1-4H3,(H,17,18)/t11-/m1/s1. The summed E-state index contributed by atoms with van der Waals surface area (Å²) in [5.74, 6) is 1.11. The fourth-order valence-electron chi connectivity index (χ4n) is 2.21. The lowest BCUT2D eigenvalue weighted by atomic mass is 9.94. The van der Waals surface area contributed by atoms with Gasteiger partial charge in [-0.3, -0.25) is 4.79 Å². The maximum Gasteiger partial charge on any atom is 0.225 e. The minimum absolute atomic E-state index is 0.101. The first kappa shape index (κ1) is 13.9. The average Bonchev–Trinajstić information content (AvgIpc) is 2.74. The predicted octanol–water partition coefficient (Wildman–Crippen LogP) is 2.71. The Morgan fingerprint density at radius 1 is 1.42 bits per heavy atom. The maximum atomic E-state index is 11.9. The Bertz CT molecular complexity index is 474. The third kappa shape index (κ3) is 3.49. The van der Waals surface area contributed by atoms with Gasteiger partial charge in [0.15, 0.2) is 0 Å². The number of rotatable bonds is 3. The Morgan fingerprint density at radius 3 is 2.84 bits per heavy atom. The van der Waals surface area contributed by atoms with E-state index in [1.54, 1.807) is 0 Å². The van der Waals surface area contributed by atoms with Crippen LogP contribution in [0.2, 0.25) is 0 Å². The zero-order valence-electron chi connectivity index (χ0n) is 12.2. The van der Waals surface area contributed by atoms with Crippen LogP contribution in [0.15, 0.2) is 18.2 Å². The zero-order chi connectivity index (χ0) is 14.0. The second kappa shape index (κ2) is 5.24. The van der Waals surface area contributed by atoms with Crippen LogP contribution >= 0.6 is 0 Å². The van der Waals surface area contributed by atoms with Crippen LogP contribution in [0.5, 0.6) is 5.75 Å². The Hall–Kier alpha value is -1.51. The number of fused-ring (bicyclic) bond motifs is 1. The molecule has 0 aliphatic carbocycles. The minimum Gasteiger partial charge on any atom is -0.493 e. The second-order valence-corrected chi connectivity index (χ2v) is 6.37. The van der Waals surface area contributed by atoms with Crippen LogP contribution in [-0.2, 0) is 17.6 Å². The van der Waals surface area contributed by atoms with E-state index in [0.29, 0.717) is 0 Å². The van der Waals surface area contributed by atoms with Gasteiger partial charge in [-0.1, -0.05) is 32.9 Å². The van der Waals surface area contributed by atoms with Crippen LogP contribution < -0.4 is 10.1 Å². The van der Waals surface area contributed by atoms with Crippen molar-refractivity contribution in [3.8, 4) is 5.75 Å². The number of ether oxygens (including phenoxy) is 1. The van der Waals surface area contributed by atoms with Gasteiger partial charge in [-0.2, -0.15) is 0 Å². The molecule has 1 aromatic carbocycles. The van der Waals surface area contributed by atoms with Gasteiger partial charge in [-0.25, -0.2) is 0 Å². The van der Waals surface area contributed by atoms with Gasteiger partial charge >= 0.3 is 0 Å². The molecule has 104 valence electrons. The number of carbonyl (C=O) groups is 1. The topological polar surface area (TPSA) is 38.3 Å². The van der Waals surface area contributed by atoms with E-state index >= 15 is 0 Å². The molecule has 1 aromatic rings. The van der Waals surface area contributed by atoms with Crippen LogP contribution in [0.3, 0.4) is 0 Å². The molecule has 0 aromatic heterocycles. The minimum atomic E-state index is -0.333. The van der Waals surface area contributed by atoms with Gasteiger partial charge in [0.05, 0.1) is 6.61 Å². The molecule has 3 nitrogen and oxygen atoms in total. The number of hydrogen-bond acceptors (Lipinski definition) is 2. The van der Waals surface area contributed by atoms with Crippen molar-refractivity contribution in [3.63, 3.8) is 0 Å². The first-order valence-electron chi connectivity index (χ1n) is 6.92. The number of benzene rings is 1. The van der Waals surface area contributed by atoms with Crippen molar-refractivity contribution in [2.24, 2.45) is 5.41 Å². The number of hydrogen-bond donors (Lipinski definition) is 1. The molecule has 1 atom stereocenters. The molecule has 19 heavy (non-hydrogen) atoms. The summed E-state index contributed by atoms with van der Waals surface area (Å²) in [5, 5.41) is 3.07. The molecule has 0 bridgehead atoms. The molecule has 1 N–H and O–H groups in total. The molecular formula is C16H23NO2. The van der Waals surface area contributed by atoms with Gasteiger partial charge in [0.25, 0.3) is 0 Å². The lowest BCUT2D eigenvalue weighted by molar-refractivity contribution is -0.129. The number of carbonyl (C=O) groups excluding carboxylic acids is 1. The van der Waals surface area contributed by atoms with Crippen LogP contribution in [0.1, 0.15) is 38.8 Å². The van der Waals surface area contributed by atoms with Crippen molar-refractivity contribution >= 4 is 5.91 Å². The molecule has 1 aliphatic heterocycles. The Morgan fingerprint density at radius 2 is 2.16 bits per heavy atom. The molecule has 1 amide bonds. The maximum absolute atomic E-state index is 11.9. The summed E-state index contributed by atoms with van der Waals surface area (Å²) < 4.78 is 5.50. The van der Waals surface area contributed by atoms with Crippen LogP contribution in [0.4, 0.5) is 0 Å². The van der Waals surface area contributed by atoms with Crippen molar-refractivity contribution in [1.82, 2.24) is 5.32 Å². The lowest BCUT2D eigenvalue weighted by Crippen LogP contribution is -2.41. The van der Waals surface area contributed by atoms with Crippen molar-refractivity contribution < 1.29 is 9.53 Å². The largest absolute Gasteiger partial charge is 0.493 e. The molecule has 1 heterocycles. The number of amides is 1. The van der Waals surface area contributed by atoms with E-state index < -0.39 is 0 Å². The van der Waals surface area contributed by atoms with Crippen LogP contribution in [0, 0.1) is 5.41 Å². The highest BCUT2D eigenvalue weighted by atomic mass is 16.5. The molecule has 0 radical (unpaired) electrons. The fraction of sp³-hybridized carbons (Fsp3) is 0.562. The molecule has 0 spiro atoms. The van der Waals surface area contributed by atoms with E-state index in [4.69, 9.17) is 4.74 Å². The monoisotopic (exact) mass is 261 g/mol. The molecule has 0 fully saturated rings. The summed E-state index contributed by atoms with van der Waals surface area (Å²) in [6, 6.07) is 6.47. The highest BCUT2D eigenvalue weighted by Gasteiger charge is 2.22. The van der Waals surface area contributed by atoms with Crippen molar-refractivity contribution in [2.45, 2.75) is 46.6 Å². The van der Waals surface area contributed by atoms with Crippen molar-refractivity contribution in [1.29, 1.82) is 0 Å². The average molecular weight is 261 g/mol. The quantitative estimate of drug-likeness (QED) is 0.908. The summed E-state index contributed by atoms with van der Waals surface area (Å²) in [4.78, 5) is 11.9. The number of nitrogens with one attached hydrogen (secondary N) is 1. The van der Waals surface area contributed by atoms with Gasteiger partial charge < -0.3 is 10.1 Å². The van der Waals surface area contributed by atoms with Crippen molar-refractivity contribution in [2.75, 3.05) is 6.61 Å². The Labute approximate surface area is 115 Å². The fourth-order valence-corrected chi connectivity index (χ4v) is 2.21. The summed E-state index contributed by atoms with van der Waals surface area (Å²) in [6.07, 6.45) is 1.85. The SMILES string of the molecule is C[C@H](Cc1ccc2c(c1)CCO2)NC(=O)C(C)(C)C. The van der Waals surface area contributed by atoms with E-state index in [-0.39, 0.29) is 17.4 Å². The summed E-state index contributed by atoms with van der Waals surface area (Å²) >= 11 is 0. The van der Waals surface area contributed by atoms with E-state index in [2.05, 4.69) is 17.4 Å². The summed E-state index contributed by atoms with van der Waals surface area (Å²) in [7, 11) is 0. The van der Waals surface area contributed by atoms with Gasteiger partial charge in [0.1, 0.15) is 5.75 Å². The third-order valence-corrected chi connectivity index (χ3v) is 3.35. The normalized spacial score (nSPS) is 15.6. The molecule has 3 heteroatoms. The molecule has 0 saturated carbocycles. The van der Waals surface area contributed by atoms with E-state index in [0.717, 1.165) is 25.2 Å². The molecular weight excluding hydrogens is 238 g/mol. The summed E-state index contributed by atoms with van der Waals surface area (Å²) in [6.45, 7) is 8.63. The van der Waals surface area contributed by atoms with E-state index in [1.165, 1.54) is 11.1 Å². The second-order valence-electron chi connectivity index (χ2n) is 6.37. The molecule has 1 aliphatic rings. The van der Waals surface area contributed by atoms with Gasteiger partial charge in [0.2, 0.25) is 5.91 Å². The lowest BCUT2D eigenvalue weighted by Gasteiger charge is -2.22. The van der Waals surface area contributed by atoms with Crippen LogP contribution in [-0.4, -0.2) is 18.6 Å². The smallest absolute Gasteiger partial charge is 0.225 e. The highest BCUT2D eigenvalue weighted by Crippen LogP contribution is 2.26. The Balaban J connectivity index is 1.96. The predicted molar refractivity (Wildman–Crippen MR) is 76.4 cm³/mol. The van der Waals surface area contributed by atoms with Gasteiger partial charge in [0, 0.05) is 17.9 Å². The van der Waals surface area contributed by atoms with Crippen molar-refractivity contribution in [3.05, 3.63) is 29.3 Å². The zero-order valence-corrected chi connectivity index (χ0v) is 12.2. The van der Waals surface area contributed by atoms with Gasteiger partial charge in [-0.15, -0.1) is 0 Å². The molecule has 2 rings (SSSR count). The van der Waals surface area contributed by atoms with E-state index in [9.17, 15) is 4.79 Å². The third-order valence-electron chi connectivity index (χ3n) is 3.35. The first-order chi connectivity index (χ1) is 8.86.